The van der Waals surface area contributed by atoms with Crippen LogP contribution in [0, 0.1) is 6.92 Å². The zero-order chi connectivity index (χ0) is 13.9. The molecule has 5 heteroatoms. The minimum atomic E-state index is -0.167. The summed E-state index contributed by atoms with van der Waals surface area (Å²) in [7, 11) is 0. The van der Waals surface area contributed by atoms with E-state index in [0.717, 1.165) is 12.8 Å². The normalized spacial score (nSPS) is 18.6. The number of carbonyl (C=O) groups is 1. The van der Waals surface area contributed by atoms with Crippen molar-refractivity contribution in [3.8, 4) is 0 Å². The Kier molecular flexibility index (Phi) is 3.87. The molecule has 20 heavy (non-hydrogen) atoms. The van der Waals surface area contributed by atoms with Crippen molar-refractivity contribution < 1.29 is 9.32 Å². The van der Waals surface area contributed by atoms with Gasteiger partial charge < -0.3 is 4.52 Å². The molecule has 0 bridgehead atoms. The number of carbonyl (C=O) groups excluding carboxylic acids is 1. The number of aromatic nitrogens is 2. The summed E-state index contributed by atoms with van der Waals surface area (Å²) < 4.78 is 5.24. The summed E-state index contributed by atoms with van der Waals surface area (Å²) >= 11 is 1.69. The lowest BCUT2D eigenvalue weighted by atomic mass is 10.1. The van der Waals surface area contributed by atoms with E-state index in [1.807, 2.05) is 12.1 Å². The highest BCUT2D eigenvalue weighted by atomic mass is 32.2. The van der Waals surface area contributed by atoms with E-state index in [9.17, 15) is 4.79 Å². The fraction of sp³-hybridized carbons (Fsp3) is 0.400. The first-order valence-electron chi connectivity index (χ1n) is 6.77. The number of hydrogen-bond acceptors (Lipinski definition) is 5. The first-order valence-corrected chi connectivity index (χ1v) is 7.76. The van der Waals surface area contributed by atoms with Crippen LogP contribution in [-0.2, 0) is 10.5 Å². The third kappa shape index (κ3) is 2.77. The van der Waals surface area contributed by atoms with Crippen LogP contribution >= 0.6 is 11.8 Å². The summed E-state index contributed by atoms with van der Waals surface area (Å²) in [5.74, 6) is 1.88. The predicted octanol–water partition coefficient (Wildman–Crippen LogP) is 3.51. The molecule has 0 N–H and O–H groups in total. The third-order valence-electron chi connectivity index (χ3n) is 3.54. The molecule has 1 aliphatic carbocycles. The number of Topliss-reactive ketones (excluding diaryl/α,β-unsaturated/α-hetero) is 1. The maximum atomic E-state index is 11.7. The van der Waals surface area contributed by atoms with Gasteiger partial charge in [0, 0.05) is 11.3 Å². The van der Waals surface area contributed by atoms with Crippen LogP contribution in [0.5, 0.6) is 0 Å². The largest absolute Gasteiger partial charge is 0.339 e. The van der Waals surface area contributed by atoms with Crippen LogP contribution in [0.2, 0.25) is 0 Å². The average Bonchev–Trinajstić information content (AvgIpc) is 3.06. The molecule has 0 radical (unpaired) electrons. The molecule has 0 amide bonds. The van der Waals surface area contributed by atoms with E-state index in [1.54, 1.807) is 11.8 Å². The highest BCUT2D eigenvalue weighted by molar-refractivity contribution is 7.98. The molecular weight excluding hydrogens is 272 g/mol. The lowest BCUT2D eigenvalue weighted by molar-refractivity contribution is -0.119. The Balaban J connectivity index is 1.66. The molecule has 1 aromatic heterocycles. The summed E-state index contributed by atoms with van der Waals surface area (Å²) in [4.78, 5) is 17.3. The van der Waals surface area contributed by atoms with Crippen LogP contribution in [0.25, 0.3) is 0 Å². The van der Waals surface area contributed by atoms with Gasteiger partial charge in [0.15, 0.2) is 5.82 Å². The zero-order valence-corrected chi connectivity index (χ0v) is 12.2. The predicted molar refractivity (Wildman–Crippen MR) is 76.6 cm³/mol. The summed E-state index contributed by atoms with van der Waals surface area (Å²) in [6.45, 7) is 2.08. The number of benzene rings is 1. The number of ketones is 1. The maximum Gasteiger partial charge on any atom is 0.237 e. The topological polar surface area (TPSA) is 56.0 Å². The molecule has 1 fully saturated rings. The summed E-state index contributed by atoms with van der Waals surface area (Å²) in [6, 6.07) is 8.22. The van der Waals surface area contributed by atoms with Gasteiger partial charge in [-0.2, -0.15) is 4.98 Å². The van der Waals surface area contributed by atoms with E-state index in [0.29, 0.717) is 23.9 Å². The molecule has 0 spiro atoms. The van der Waals surface area contributed by atoms with Crippen molar-refractivity contribution >= 4 is 17.5 Å². The fourth-order valence-electron chi connectivity index (χ4n) is 2.41. The van der Waals surface area contributed by atoms with Gasteiger partial charge in [0.25, 0.3) is 0 Å². The first-order chi connectivity index (χ1) is 9.74. The molecule has 1 saturated carbocycles. The smallest absolute Gasteiger partial charge is 0.237 e. The SMILES string of the molecule is Cc1ccccc1SCc1noc(C2CCCC2=O)n1. The van der Waals surface area contributed by atoms with E-state index >= 15 is 0 Å². The standard InChI is InChI=1S/C15H16N2O2S/c1-10-5-2-3-8-13(10)20-9-14-16-15(19-17-14)11-6-4-7-12(11)18/h2-3,5,8,11H,4,6-7,9H2,1H3. The monoisotopic (exact) mass is 288 g/mol. The van der Waals surface area contributed by atoms with Gasteiger partial charge in [0.05, 0.1) is 11.7 Å². The molecule has 0 saturated heterocycles. The molecule has 0 aliphatic heterocycles. The van der Waals surface area contributed by atoms with Crippen LogP contribution in [0.15, 0.2) is 33.7 Å². The summed E-state index contributed by atoms with van der Waals surface area (Å²) in [5.41, 5.74) is 1.24. The van der Waals surface area contributed by atoms with Crippen molar-refractivity contribution in [3.63, 3.8) is 0 Å². The average molecular weight is 288 g/mol. The summed E-state index contributed by atoms with van der Waals surface area (Å²) in [6.07, 6.45) is 2.41. The van der Waals surface area contributed by atoms with Gasteiger partial charge >= 0.3 is 0 Å². The van der Waals surface area contributed by atoms with Crippen molar-refractivity contribution in [1.82, 2.24) is 10.1 Å². The minimum Gasteiger partial charge on any atom is -0.339 e. The van der Waals surface area contributed by atoms with E-state index in [1.165, 1.54) is 10.5 Å². The Hall–Kier alpha value is -1.62. The second-order valence-corrected chi connectivity index (χ2v) is 6.03. The molecule has 1 aliphatic rings. The van der Waals surface area contributed by atoms with Crippen LogP contribution in [-0.4, -0.2) is 15.9 Å². The second kappa shape index (κ2) is 5.79. The van der Waals surface area contributed by atoms with Gasteiger partial charge in [-0.3, -0.25) is 4.79 Å². The highest BCUT2D eigenvalue weighted by Crippen LogP contribution is 2.31. The van der Waals surface area contributed by atoms with Gasteiger partial charge in [0.2, 0.25) is 5.89 Å². The molecule has 1 heterocycles. The Morgan fingerprint density at radius 1 is 1.40 bits per heavy atom. The Bertz CT molecular complexity index is 624. The van der Waals surface area contributed by atoms with Crippen molar-refractivity contribution in [1.29, 1.82) is 0 Å². The van der Waals surface area contributed by atoms with Crippen LogP contribution in [0.4, 0.5) is 0 Å². The van der Waals surface area contributed by atoms with E-state index < -0.39 is 0 Å². The van der Waals surface area contributed by atoms with E-state index in [-0.39, 0.29) is 11.7 Å². The number of rotatable bonds is 4. The quantitative estimate of drug-likeness (QED) is 0.806. The molecule has 1 aromatic carbocycles. The van der Waals surface area contributed by atoms with Crippen molar-refractivity contribution in [2.75, 3.05) is 0 Å². The molecule has 3 rings (SSSR count). The Labute approximate surface area is 122 Å². The van der Waals surface area contributed by atoms with Gasteiger partial charge in [-0.05, 0) is 31.4 Å². The number of nitrogens with zero attached hydrogens (tertiary/aromatic N) is 2. The third-order valence-corrected chi connectivity index (χ3v) is 4.71. The molecular formula is C15H16N2O2S. The van der Waals surface area contributed by atoms with Crippen molar-refractivity contribution in [3.05, 3.63) is 41.5 Å². The molecule has 2 aromatic rings. The van der Waals surface area contributed by atoms with Crippen LogP contribution in [0.1, 0.15) is 42.5 Å². The molecule has 1 unspecified atom stereocenters. The zero-order valence-electron chi connectivity index (χ0n) is 11.3. The maximum absolute atomic E-state index is 11.7. The Morgan fingerprint density at radius 2 is 2.25 bits per heavy atom. The number of thioether (sulfide) groups is 1. The van der Waals surface area contributed by atoms with Gasteiger partial charge in [0.1, 0.15) is 5.78 Å². The lowest BCUT2D eigenvalue weighted by Gasteiger charge is -2.02. The van der Waals surface area contributed by atoms with Crippen molar-refractivity contribution in [2.45, 2.75) is 42.8 Å². The highest BCUT2D eigenvalue weighted by Gasteiger charge is 2.30. The van der Waals surface area contributed by atoms with Gasteiger partial charge in [-0.25, -0.2) is 0 Å². The van der Waals surface area contributed by atoms with E-state index in [4.69, 9.17) is 4.52 Å². The lowest BCUT2D eigenvalue weighted by Crippen LogP contribution is -2.04. The number of aryl methyl sites for hydroxylation is 1. The molecule has 4 nitrogen and oxygen atoms in total. The molecule has 104 valence electrons. The van der Waals surface area contributed by atoms with Gasteiger partial charge in [-0.15, -0.1) is 11.8 Å². The van der Waals surface area contributed by atoms with Crippen LogP contribution in [0.3, 0.4) is 0 Å². The van der Waals surface area contributed by atoms with Gasteiger partial charge in [-0.1, -0.05) is 23.4 Å². The van der Waals surface area contributed by atoms with Crippen molar-refractivity contribution in [2.24, 2.45) is 0 Å². The molecule has 1 atom stereocenters. The second-order valence-electron chi connectivity index (χ2n) is 5.01. The minimum absolute atomic E-state index is 0.167. The first kappa shape index (κ1) is 13.4. The Morgan fingerprint density at radius 3 is 3.00 bits per heavy atom. The van der Waals surface area contributed by atoms with Crippen LogP contribution < -0.4 is 0 Å². The summed E-state index contributed by atoms with van der Waals surface area (Å²) in [5, 5.41) is 3.98. The van der Waals surface area contributed by atoms with E-state index in [2.05, 4.69) is 29.2 Å². The fourth-order valence-corrected chi connectivity index (χ4v) is 3.28. The number of hydrogen-bond donors (Lipinski definition) is 0.